The summed E-state index contributed by atoms with van der Waals surface area (Å²) in [6.45, 7) is 6.15. The molecule has 0 fully saturated rings. The molecule has 2 aromatic rings. The summed E-state index contributed by atoms with van der Waals surface area (Å²) in [5.74, 6) is 1.35. The Labute approximate surface area is 103 Å². The maximum Gasteiger partial charge on any atom is 0.160 e. The average Bonchev–Trinajstić information content (AvgIpc) is 2.68. The highest BCUT2D eigenvalue weighted by Gasteiger charge is 2.12. The first kappa shape index (κ1) is 11.5. The number of fused-ring (bicyclic) bond motifs is 1. The molecule has 1 unspecified atom stereocenters. The van der Waals surface area contributed by atoms with Gasteiger partial charge in [0, 0.05) is 23.1 Å². The highest BCUT2D eigenvalue weighted by Crippen LogP contribution is 2.17. The zero-order chi connectivity index (χ0) is 11.5. The lowest BCUT2D eigenvalue weighted by Crippen LogP contribution is -2.20. The summed E-state index contributed by atoms with van der Waals surface area (Å²) < 4.78 is 3.07. The van der Waals surface area contributed by atoms with E-state index in [1.165, 1.54) is 0 Å². The van der Waals surface area contributed by atoms with E-state index < -0.39 is 0 Å². The summed E-state index contributed by atoms with van der Waals surface area (Å²) >= 11 is 3.46. The second-order valence-corrected chi connectivity index (χ2v) is 4.76. The molecule has 0 aromatic carbocycles. The molecular formula is C11H15BrN4. The van der Waals surface area contributed by atoms with Crippen LogP contribution in [0.5, 0.6) is 0 Å². The van der Waals surface area contributed by atoms with Crippen molar-refractivity contribution in [3.05, 3.63) is 28.6 Å². The Balaban J connectivity index is 2.33. The largest absolute Gasteiger partial charge is 0.316 e. The maximum absolute atomic E-state index is 4.24. The number of likely N-dealkylation sites (N-methyl/N-ethyl adjacent to an activating group) is 1. The van der Waals surface area contributed by atoms with Gasteiger partial charge in [-0.2, -0.15) is 0 Å². The van der Waals surface area contributed by atoms with E-state index in [4.69, 9.17) is 0 Å². The van der Waals surface area contributed by atoms with Gasteiger partial charge >= 0.3 is 0 Å². The Morgan fingerprint density at radius 2 is 2.25 bits per heavy atom. The molecule has 0 saturated heterocycles. The topological polar surface area (TPSA) is 42.2 Å². The van der Waals surface area contributed by atoms with Gasteiger partial charge in [-0.25, -0.2) is 0 Å². The first-order valence-electron chi connectivity index (χ1n) is 5.43. The highest BCUT2D eigenvalue weighted by molar-refractivity contribution is 9.10. The van der Waals surface area contributed by atoms with Crippen LogP contribution in [0.2, 0.25) is 0 Å². The van der Waals surface area contributed by atoms with Crippen LogP contribution in [0.25, 0.3) is 5.65 Å². The van der Waals surface area contributed by atoms with Gasteiger partial charge in [0.1, 0.15) is 5.82 Å². The molecule has 2 aromatic heterocycles. The van der Waals surface area contributed by atoms with E-state index in [9.17, 15) is 0 Å². The fraction of sp³-hybridized carbons (Fsp3) is 0.455. The second-order valence-electron chi connectivity index (χ2n) is 3.84. The minimum Gasteiger partial charge on any atom is -0.316 e. The number of pyridine rings is 1. The number of rotatable bonds is 4. The minimum absolute atomic E-state index is 0.351. The van der Waals surface area contributed by atoms with Crippen molar-refractivity contribution in [2.24, 2.45) is 0 Å². The van der Waals surface area contributed by atoms with Crippen molar-refractivity contribution in [2.75, 3.05) is 13.1 Å². The number of nitrogens with one attached hydrogen (secondary N) is 1. The molecule has 5 heteroatoms. The summed E-state index contributed by atoms with van der Waals surface area (Å²) in [7, 11) is 0. The van der Waals surface area contributed by atoms with Crippen LogP contribution in [0.4, 0.5) is 0 Å². The Bertz CT molecular complexity index is 480. The molecule has 86 valence electrons. The molecule has 0 aliphatic heterocycles. The van der Waals surface area contributed by atoms with E-state index in [1.807, 2.05) is 22.7 Å². The number of nitrogens with zero attached hydrogens (tertiary/aromatic N) is 3. The Morgan fingerprint density at radius 1 is 1.44 bits per heavy atom. The number of hydrogen-bond acceptors (Lipinski definition) is 3. The van der Waals surface area contributed by atoms with Gasteiger partial charge in [0.05, 0.1) is 0 Å². The van der Waals surface area contributed by atoms with Gasteiger partial charge in [0.15, 0.2) is 5.65 Å². The lowest BCUT2D eigenvalue weighted by molar-refractivity contribution is 0.603. The number of aromatic nitrogens is 3. The van der Waals surface area contributed by atoms with Crippen LogP contribution >= 0.6 is 15.9 Å². The fourth-order valence-electron chi connectivity index (χ4n) is 1.67. The molecule has 16 heavy (non-hydrogen) atoms. The molecule has 1 atom stereocenters. The van der Waals surface area contributed by atoms with Crippen LogP contribution in [-0.2, 0) is 0 Å². The van der Waals surface area contributed by atoms with E-state index in [0.29, 0.717) is 5.92 Å². The van der Waals surface area contributed by atoms with E-state index in [0.717, 1.165) is 29.0 Å². The van der Waals surface area contributed by atoms with Crippen LogP contribution in [-0.4, -0.2) is 27.7 Å². The number of halogens is 1. The lowest BCUT2D eigenvalue weighted by atomic mass is 10.1. The maximum atomic E-state index is 4.24. The molecule has 0 spiro atoms. The second kappa shape index (κ2) is 4.93. The van der Waals surface area contributed by atoms with Gasteiger partial charge in [0.2, 0.25) is 0 Å². The predicted octanol–water partition coefficient (Wildman–Crippen LogP) is 2.20. The molecule has 2 heterocycles. The lowest BCUT2D eigenvalue weighted by Gasteiger charge is -2.09. The highest BCUT2D eigenvalue weighted by atomic mass is 79.9. The molecule has 2 rings (SSSR count). The first-order chi connectivity index (χ1) is 7.72. The molecule has 0 bridgehead atoms. The van der Waals surface area contributed by atoms with Gasteiger partial charge in [-0.3, -0.25) is 4.40 Å². The van der Waals surface area contributed by atoms with Crippen LogP contribution in [0.15, 0.2) is 22.8 Å². The Kier molecular flexibility index (Phi) is 3.56. The van der Waals surface area contributed by atoms with Crippen molar-refractivity contribution in [3.63, 3.8) is 0 Å². The van der Waals surface area contributed by atoms with Crippen molar-refractivity contribution in [1.82, 2.24) is 19.9 Å². The Morgan fingerprint density at radius 3 is 3.00 bits per heavy atom. The summed E-state index contributed by atoms with van der Waals surface area (Å²) in [6, 6.07) is 3.93. The molecule has 0 saturated carbocycles. The third kappa shape index (κ3) is 2.25. The molecule has 0 amide bonds. The predicted molar refractivity (Wildman–Crippen MR) is 67.6 cm³/mol. The van der Waals surface area contributed by atoms with E-state index in [1.54, 1.807) is 0 Å². The molecular weight excluding hydrogens is 268 g/mol. The SMILES string of the molecule is CCNCC(C)c1nnc2ccc(Br)cn12. The van der Waals surface area contributed by atoms with Crippen LogP contribution < -0.4 is 5.32 Å². The monoisotopic (exact) mass is 282 g/mol. The van der Waals surface area contributed by atoms with Crippen molar-refractivity contribution in [2.45, 2.75) is 19.8 Å². The summed E-state index contributed by atoms with van der Waals surface area (Å²) in [6.07, 6.45) is 2.01. The van der Waals surface area contributed by atoms with Crippen LogP contribution in [0.1, 0.15) is 25.6 Å². The van der Waals surface area contributed by atoms with Gasteiger partial charge in [-0.15, -0.1) is 10.2 Å². The summed E-state index contributed by atoms with van der Waals surface area (Å²) in [4.78, 5) is 0. The summed E-state index contributed by atoms with van der Waals surface area (Å²) in [5, 5.41) is 11.7. The van der Waals surface area contributed by atoms with Crippen molar-refractivity contribution in [1.29, 1.82) is 0 Å². The van der Waals surface area contributed by atoms with E-state index in [2.05, 4.69) is 45.3 Å². The van der Waals surface area contributed by atoms with Crippen molar-refractivity contribution >= 4 is 21.6 Å². The average molecular weight is 283 g/mol. The smallest absolute Gasteiger partial charge is 0.160 e. The van der Waals surface area contributed by atoms with Gasteiger partial charge in [-0.05, 0) is 34.6 Å². The Hall–Kier alpha value is -0.940. The summed E-state index contributed by atoms with van der Waals surface area (Å²) in [5.41, 5.74) is 0.890. The van der Waals surface area contributed by atoms with Gasteiger partial charge in [-0.1, -0.05) is 13.8 Å². The normalized spacial score (nSPS) is 13.2. The molecule has 0 radical (unpaired) electrons. The van der Waals surface area contributed by atoms with E-state index >= 15 is 0 Å². The van der Waals surface area contributed by atoms with Crippen LogP contribution in [0.3, 0.4) is 0 Å². The zero-order valence-electron chi connectivity index (χ0n) is 9.44. The minimum atomic E-state index is 0.351. The zero-order valence-corrected chi connectivity index (χ0v) is 11.0. The van der Waals surface area contributed by atoms with Crippen molar-refractivity contribution < 1.29 is 0 Å². The van der Waals surface area contributed by atoms with Gasteiger partial charge < -0.3 is 5.32 Å². The molecule has 0 aliphatic rings. The van der Waals surface area contributed by atoms with Gasteiger partial charge in [0.25, 0.3) is 0 Å². The number of hydrogen-bond donors (Lipinski definition) is 1. The standard InChI is InChI=1S/C11H15BrN4/c1-3-13-6-8(2)11-15-14-10-5-4-9(12)7-16(10)11/h4-5,7-8,13H,3,6H2,1-2H3. The molecule has 1 N–H and O–H groups in total. The molecule has 0 aliphatic carbocycles. The van der Waals surface area contributed by atoms with Crippen LogP contribution in [0, 0.1) is 0 Å². The molecule has 4 nitrogen and oxygen atoms in total. The first-order valence-corrected chi connectivity index (χ1v) is 6.22. The van der Waals surface area contributed by atoms with E-state index in [-0.39, 0.29) is 0 Å². The third-order valence-corrected chi connectivity index (χ3v) is 3.00. The van der Waals surface area contributed by atoms with Crippen molar-refractivity contribution in [3.8, 4) is 0 Å². The quantitative estimate of drug-likeness (QED) is 0.935. The fourth-order valence-corrected chi connectivity index (χ4v) is 2.01. The third-order valence-electron chi connectivity index (χ3n) is 2.53.